The lowest BCUT2D eigenvalue weighted by molar-refractivity contribution is 0.669. The van der Waals surface area contributed by atoms with Crippen LogP contribution in [0.25, 0.3) is 117 Å². The highest BCUT2D eigenvalue weighted by molar-refractivity contribution is 6.18. The highest BCUT2D eigenvalue weighted by atomic mass is 16.3. The number of fused-ring (bicyclic) bond motifs is 9. The number of para-hydroxylation sites is 3. The fraction of sp³-hybridized carbons (Fsp3) is 0. The molecular formula is C51H30N4O2. The first kappa shape index (κ1) is 31.5. The van der Waals surface area contributed by atoms with E-state index in [1.54, 1.807) is 0 Å². The van der Waals surface area contributed by atoms with Gasteiger partial charge in [0.25, 0.3) is 0 Å². The van der Waals surface area contributed by atoms with E-state index in [9.17, 15) is 0 Å². The van der Waals surface area contributed by atoms with Crippen molar-refractivity contribution in [2.75, 3.05) is 0 Å². The van der Waals surface area contributed by atoms with Crippen LogP contribution in [0.5, 0.6) is 0 Å². The third-order valence-corrected chi connectivity index (χ3v) is 11.1. The maximum Gasteiger partial charge on any atom is 0.167 e. The van der Waals surface area contributed by atoms with E-state index >= 15 is 0 Å². The van der Waals surface area contributed by atoms with Crippen LogP contribution in [-0.2, 0) is 0 Å². The number of nitrogens with zero attached hydrogens (tertiary/aromatic N) is 4. The van der Waals surface area contributed by atoms with Crippen LogP contribution in [0.1, 0.15) is 0 Å². The SMILES string of the molecule is c1ccc(-c2nc(-c3ccccc3)nc(-c3cccc4c3oc3cccc(-c5ccc6oc7cccc(-n8c9ccccc9c9ccccc98)c7c6c5)c34)n2)cc1. The van der Waals surface area contributed by atoms with E-state index in [-0.39, 0.29) is 0 Å². The van der Waals surface area contributed by atoms with Gasteiger partial charge in [0.1, 0.15) is 22.3 Å². The average molecular weight is 731 g/mol. The van der Waals surface area contributed by atoms with Crippen molar-refractivity contribution < 1.29 is 8.83 Å². The fourth-order valence-corrected chi connectivity index (χ4v) is 8.54. The molecule has 57 heavy (non-hydrogen) atoms. The summed E-state index contributed by atoms with van der Waals surface area (Å²) >= 11 is 0. The zero-order valence-electron chi connectivity index (χ0n) is 30.4. The Bertz CT molecular complexity index is 3410. The molecule has 4 heterocycles. The van der Waals surface area contributed by atoms with Crippen molar-refractivity contribution in [1.29, 1.82) is 0 Å². The van der Waals surface area contributed by atoms with Gasteiger partial charge in [-0.2, -0.15) is 0 Å². The summed E-state index contributed by atoms with van der Waals surface area (Å²) in [7, 11) is 0. The Kier molecular flexibility index (Phi) is 6.83. The van der Waals surface area contributed by atoms with E-state index in [4.69, 9.17) is 23.8 Å². The highest BCUT2D eigenvalue weighted by Crippen LogP contribution is 2.43. The quantitative estimate of drug-likeness (QED) is 0.176. The summed E-state index contributed by atoms with van der Waals surface area (Å²) in [6.07, 6.45) is 0. The molecule has 6 nitrogen and oxygen atoms in total. The van der Waals surface area contributed by atoms with Crippen molar-refractivity contribution in [2.45, 2.75) is 0 Å². The second-order valence-electron chi connectivity index (χ2n) is 14.3. The van der Waals surface area contributed by atoms with Gasteiger partial charge in [0.05, 0.1) is 27.7 Å². The number of rotatable bonds is 5. The van der Waals surface area contributed by atoms with Crippen LogP contribution in [0.3, 0.4) is 0 Å². The molecule has 0 unspecified atom stereocenters. The van der Waals surface area contributed by atoms with E-state index in [2.05, 4.69) is 114 Å². The first-order valence-corrected chi connectivity index (χ1v) is 19.0. The molecule has 0 spiro atoms. The molecule has 0 N–H and O–H groups in total. The molecule has 0 aliphatic carbocycles. The highest BCUT2D eigenvalue weighted by Gasteiger charge is 2.21. The molecule has 8 aromatic carbocycles. The Labute approximate surface area is 325 Å². The maximum atomic E-state index is 6.76. The Morgan fingerprint density at radius 1 is 0.351 bits per heavy atom. The molecule has 0 radical (unpaired) electrons. The molecule has 0 amide bonds. The molecule has 0 bridgehead atoms. The third-order valence-electron chi connectivity index (χ3n) is 11.1. The van der Waals surface area contributed by atoms with Crippen LogP contribution in [0.4, 0.5) is 0 Å². The first-order valence-electron chi connectivity index (χ1n) is 19.0. The Balaban J connectivity index is 1.06. The number of aromatic nitrogens is 4. The van der Waals surface area contributed by atoms with Crippen molar-refractivity contribution in [1.82, 2.24) is 19.5 Å². The van der Waals surface area contributed by atoms with E-state index < -0.39 is 0 Å². The number of furan rings is 2. The lowest BCUT2D eigenvalue weighted by Crippen LogP contribution is -2.00. The van der Waals surface area contributed by atoms with Crippen LogP contribution in [0.15, 0.2) is 191 Å². The smallest absolute Gasteiger partial charge is 0.167 e. The van der Waals surface area contributed by atoms with Gasteiger partial charge in [0.15, 0.2) is 17.5 Å². The van der Waals surface area contributed by atoms with Gasteiger partial charge in [0, 0.05) is 38.1 Å². The Hall–Kier alpha value is -7.83. The van der Waals surface area contributed by atoms with Crippen molar-refractivity contribution in [3.63, 3.8) is 0 Å². The van der Waals surface area contributed by atoms with Crippen molar-refractivity contribution in [2.24, 2.45) is 0 Å². The topological polar surface area (TPSA) is 69.9 Å². The van der Waals surface area contributed by atoms with Crippen molar-refractivity contribution in [3.05, 3.63) is 182 Å². The van der Waals surface area contributed by atoms with E-state index in [0.717, 1.165) is 88.4 Å². The predicted molar refractivity (Wildman–Crippen MR) is 230 cm³/mol. The summed E-state index contributed by atoms with van der Waals surface area (Å²) in [5.74, 6) is 1.76. The maximum absolute atomic E-state index is 6.76. The standard InChI is InChI=1S/C51H30N4O2/c1-3-14-31(15-4-1)49-52-50(32-16-5-2-6-17-32)54-51(53-49)38-22-11-21-37-46-34(20-12-26-44(46)57-48(37)38)33-28-29-43-39(30-33)47-42(25-13-27-45(47)56-43)55-40-23-9-7-18-35(40)36-19-8-10-24-41(36)55/h1-30H. The second kappa shape index (κ2) is 12.3. The van der Waals surface area contributed by atoms with Crippen LogP contribution in [0.2, 0.25) is 0 Å². The van der Waals surface area contributed by atoms with Gasteiger partial charge in [0.2, 0.25) is 0 Å². The molecule has 0 fully saturated rings. The van der Waals surface area contributed by atoms with Gasteiger partial charge in [-0.05, 0) is 59.7 Å². The number of hydrogen-bond donors (Lipinski definition) is 0. The summed E-state index contributed by atoms with van der Waals surface area (Å²) in [6, 6.07) is 62.6. The molecule has 4 aromatic heterocycles. The summed E-state index contributed by atoms with van der Waals surface area (Å²) in [6.45, 7) is 0. The normalized spacial score (nSPS) is 11.9. The van der Waals surface area contributed by atoms with Crippen molar-refractivity contribution in [3.8, 4) is 51.0 Å². The molecule has 0 aliphatic heterocycles. The van der Waals surface area contributed by atoms with Gasteiger partial charge in [-0.25, -0.2) is 15.0 Å². The fourth-order valence-electron chi connectivity index (χ4n) is 8.54. The Morgan fingerprint density at radius 3 is 1.61 bits per heavy atom. The largest absolute Gasteiger partial charge is 0.456 e. The number of hydrogen-bond acceptors (Lipinski definition) is 5. The van der Waals surface area contributed by atoms with E-state index in [1.165, 1.54) is 10.8 Å². The number of benzene rings is 8. The van der Waals surface area contributed by atoms with Gasteiger partial charge < -0.3 is 13.4 Å². The van der Waals surface area contributed by atoms with Crippen LogP contribution < -0.4 is 0 Å². The molecule has 266 valence electrons. The van der Waals surface area contributed by atoms with Gasteiger partial charge in [-0.3, -0.25) is 0 Å². The molecule has 12 aromatic rings. The Morgan fingerprint density at radius 2 is 0.912 bits per heavy atom. The molecule has 6 heteroatoms. The molecule has 0 saturated carbocycles. The minimum Gasteiger partial charge on any atom is -0.456 e. The molecule has 0 aliphatic rings. The van der Waals surface area contributed by atoms with Crippen LogP contribution in [-0.4, -0.2) is 19.5 Å². The van der Waals surface area contributed by atoms with Gasteiger partial charge >= 0.3 is 0 Å². The molecule has 12 rings (SSSR count). The minimum absolute atomic E-state index is 0.554. The zero-order chi connectivity index (χ0) is 37.5. The lowest BCUT2D eigenvalue weighted by atomic mass is 9.97. The molecule has 0 atom stereocenters. The summed E-state index contributed by atoms with van der Waals surface area (Å²) in [5.41, 5.74) is 11.4. The molecular weight excluding hydrogens is 701 g/mol. The summed E-state index contributed by atoms with van der Waals surface area (Å²) in [4.78, 5) is 15.0. The minimum atomic E-state index is 0.554. The monoisotopic (exact) mass is 730 g/mol. The summed E-state index contributed by atoms with van der Waals surface area (Å²) in [5, 5.41) is 6.60. The van der Waals surface area contributed by atoms with E-state index in [1.807, 2.05) is 72.8 Å². The third kappa shape index (κ3) is 4.87. The van der Waals surface area contributed by atoms with E-state index in [0.29, 0.717) is 17.5 Å². The average Bonchev–Trinajstić information content (AvgIpc) is 3.96. The van der Waals surface area contributed by atoms with Crippen LogP contribution >= 0.6 is 0 Å². The lowest BCUT2D eigenvalue weighted by Gasteiger charge is -2.10. The van der Waals surface area contributed by atoms with Crippen LogP contribution in [0, 0.1) is 0 Å². The first-order chi connectivity index (χ1) is 28.3. The van der Waals surface area contributed by atoms with Crippen molar-refractivity contribution >= 4 is 65.7 Å². The summed E-state index contributed by atoms with van der Waals surface area (Å²) < 4.78 is 15.7. The predicted octanol–water partition coefficient (Wildman–Crippen LogP) is 13.4. The molecule has 0 saturated heterocycles. The zero-order valence-corrected chi connectivity index (χ0v) is 30.4. The second-order valence-corrected chi connectivity index (χ2v) is 14.3. The van der Waals surface area contributed by atoms with Gasteiger partial charge in [-0.1, -0.05) is 133 Å². The van der Waals surface area contributed by atoms with Gasteiger partial charge in [-0.15, -0.1) is 0 Å².